The number of aliphatic hydroxyl groups is 1. The van der Waals surface area contributed by atoms with Gasteiger partial charge in [0.25, 0.3) is 5.91 Å². The number of nitrogens with one attached hydrogen (secondary N) is 2. The van der Waals surface area contributed by atoms with Gasteiger partial charge in [0.15, 0.2) is 9.84 Å². The minimum Gasteiger partial charge on any atom is -0.387 e. The Labute approximate surface area is 306 Å². The molecule has 1 aromatic carbocycles. The highest BCUT2D eigenvalue weighted by Gasteiger charge is 2.48. The Hall–Kier alpha value is -3.09. The van der Waals surface area contributed by atoms with Gasteiger partial charge in [0, 0.05) is 31.7 Å². The second-order valence-electron chi connectivity index (χ2n) is 16.0. The number of rotatable bonds is 20. The fourth-order valence-corrected chi connectivity index (χ4v) is 8.41. The Kier molecular flexibility index (Phi) is 15.9. The number of carbonyl (C=O) groups is 3. The lowest BCUT2D eigenvalue weighted by atomic mass is 9.80. The van der Waals surface area contributed by atoms with Crippen LogP contribution in [0.5, 0.6) is 0 Å². The first-order chi connectivity index (χ1) is 24.0. The van der Waals surface area contributed by atoms with Crippen LogP contribution in [0.4, 0.5) is 0 Å². The van der Waals surface area contributed by atoms with E-state index in [0.717, 1.165) is 50.5 Å². The summed E-state index contributed by atoms with van der Waals surface area (Å²) in [5, 5.41) is 15.3. The summed E-state index contributed by atoms with van der Waals surface area (Å²) in [6.07, 6.45) is 10.6. The van der Waals surface area contributed by atoms with Crippen LogP contribution in [0.15, 0.2) is 47.2 Å². The molecule has 11 nitrogen and oxygen atoms in total. The van der Waals surface area contributed by atoms with E-state index in [1.54, 1.807) is 33.3 Å². The maximum absolute atomic E-state index is 14.6. The number of unbranched alkanes of at least 4 members (excludes halogenated alkanes) is 1. The lowest BCUT2D eigenvalue weighted by molar-refractivity contribution is -0.851. The van der Waals surface area contributed by atoms with Crippen LogP contribution in [0.25, 0.3) is 0 Å². The lowest BCUT2D eigenvalue weighted by Gasteiger charge is -2.41. The summed E-state index contributed by atoms with van der Waals surface area (Å²) < 4.78 is 25.7. The van der Waals surface area contributed by atoms with Crippen molar-refractivity contribution in [3.05, 3.63) is 47.8 Å². The highest BCUT2D eigenvalue weighted by Crippen LogP contribution is 2.36. The van der Waals surface area contributed by atoms with Gasteiger partial charge in [-0.2, -0.15) is 5.43 Å². The van der Waals surface area contributed by atoms with Crippen LogP contribution in [-0.4, -0.2) is 71.4 Å². The SMILES string of the molecule is CCCCNC(=O)C(CC(O)C(CC1CCCCC1)[N+]1(NC(=O)C(Cc2ccccc2)CS(=O)(=O)C(C)(C)C)C=NC(CCC(N)=O)=C1)C(C)C. The van der Waals surface area contributed by atoms with Gasteiger partial charge in [-0.05, 0) is 57.4 Å². The summed E-state index contributed by atoms with van der Waals surface area (Å²) in [4.78, 5) is 44.4. The number of hydrogen-bond acceptors (Lipinski definition) is 7. The molecule has 1 aliphatic heterocycles. The largest absolute Gasteiger partial charge is 0.387 e. The molecule has 3 rings (SSSR count). The molecule has 0 aromatic heterocycles. The number of carbonyl (C=O) groups excluding carboxylic acids is 3. The Morgan fingerprint density at radius 2 is 1.73 bits per heavy atom. The number of quaternary nitrogens is 1. The fourth-order valence-electron chi connectivity index (χ4n) is 7.11. The van der Waals surface area contributed by atoms with Gasteiger partial charge in [0.05, 0.1) is 16.4 Å². The van der Waals surface area contributed by atoms with Gasteiger partial charge in [-0.15, -0.1) is 4.59 Å². The molecule has 0 spiro atoms. The molecule has 1 aliphatic carbocycles. The fraction of sp³-hybridized carbons (Fsp3) is 0.692. The van der Waals surface area contributed by atoms with E-state index in [1.165, 1.54) is 0 Å². The molecule has 1 aromatic rings. The van der Waals surface area contributed by atoms with Crippen molar-refractivity contribution in [2.24, 2.45) is 34.4 Å². The van der Waals surface area contributed by atoms with Crippen LogP contribution in [0.1, 0.15) is 118 Å². The molecule has 51 heavy (non-hydrogen) atoms. The Balaban J connectivity index is 2.09. The predicted octanol–water partition coefficient (Wildman–Crippen LogP) is 5.33. The van der Waals surface area contributed by atoms with Crippen LogP contribution in [-0.2, 0) is 30.6 Å². The summed E-state index contributed by atoms with van der Waals surface area (Å²) in [6.45, 7) is 11.5. The van der Waals surface area contributed by atoms with Crippen molar-refractivity contribution in [2.45, 2.75) is 135 Å². The average Bonchev–Trinajstić information content (AvgIpc) is 3.48. The summed E-state index contributed by atoms with van der Waals surface area (Å²) in [5.74, 6) is -2.62. The highest BCUT2D eigenvalue weighted by molar-refractivity contribution is 7.92. The maximum atomic E-state index is 14.6. The molecule has 286 valence electrons. The zero-order valence-electron chi connectivity index (χ0n) is 31.8. The van der Waals surface area contributed by atoms with Crippen LogP contribution < -0.4 is 16.5 Å². The van der Waals surface area contributed by atoms with Gasteiger partial charge in [0.2, 0.25) is 18.2 Å². The van der Waals surface area contributed by atoms with Crippen molar-refractivity contribution in [1.29, 1.82) is 0 Å². The van der Waals surface area contributed by atoms with Gasteiger partial charge in [-0.1, -0.05) is 89.6 Å². The molecule has 1 fully saturated rings. The van der Waals surface area contributed by atoms with Gasteiger partial charge >= 0.3 is 0 Å². The number of amides is 3. The number of aliphatic imine (C=N–C) groups is 1. The summed E-state index contributed by atoms with van der Waals surface area (Å²) in [5.41, 5.74) is 10.0. The molecule has 12 heteroatoms. The first-order valence-corrected chi connectivity index (χ1v) is 20.6. The molecule has 5 N–H and O–H groups in total. The minimum absolute atomic E-state index is 0.0496. The standard InChI is InChI=1S/C39H63N5O6S/c1-7-8-21-41-38(48)33(28(2)3)24-35(45)34(23-30-17-13-10-14-18-30)44(25-32(42-27-44)19-20-36(40)46)43-37(47)31(22-29-15-11-9-12-16-29)26-51(49,50)39(4,5)6/h9,11-12,15-16,25,27-28,30-31,33-35,45H,7-8,10,13-14,17-24,26H2,1-6H3,(H3-,40,41,43,46,47,48)/p+1. The molecule has 0 bridgehead atoms. The molecule has 5 unspecified atom stereocenters. The zero-order chi connectivity index (χ0) is 37.8. The van der Waals surface area contributed by atoms with E-state index in [4.69, 9.17) is 5.73 Å². The van der Waals surface area contributed by atoms with Crippen molar-refractivity contribution in [2.75, 3.05) is 12.3 Å². The van der Waals surface area contributed by atoms with Crippen molar-refractivity contribution >= 4 is 33.9 Å². The number of aliphatic hydroxyl groups excluding tert-OH is 1. The molecule has 2 aliphatic rings. The van der Waals surface area contributed by atoms with Crippen LogP contribution in [0.3, 0.4) is 0 Å². The van der Waals surface area contributed by atoms with Gasteiger partial charge in [0.1, 0.15) is 24.0 Å². The quantitative estimate of drug-likeness (QED) is 0.104. The third kappa shape index (κ3) is 12.5. The van der Waals surface area contributed by atoms with Gasteiger partial charge < -0.3 is 16.2 Å². The van der Waals surface area contributed by atoms with Crippen molar-refractivity contribution in [3.63, 3.8) is 0 Å². The van der Waals surface area contributed by atoms with E-state index >= 15 is 0 Å². The Morgan fingerprint density at radius 1 is 1.06 bits per heavy atom. The van der Waals surface area contributed by atoms with Crippen LogP contribution in [0.2, 0.25) is 0 Å². The summed E-state index contributed by atoms with van der Waals surface area (Å²) in [6, 6.07) is 8.71. The molecule has 0 saturated heterocycles. The second-order valence-corrected chi connectivity index (χ2v) is 18.8. The third-order valence-corrected chi connectivity index (χ3v) is 13.2. The van der Waals surface area contributed by atoms with Crippen LogP contribution >= 0.6 is 0 Å². The van der Waals surface area contributed by atoms with Gasteiger partial charge in [-0.3, -0.25) is 14.4 Å². The summed E-state index contributed by atoms with van der Waals surface area (Å²) >= 11 is 0. The number of nitrogens with zero attached hydrogens (tertiary/aromatic N) is 2. The van der Waals surface area contributed by atoms with Crippen molar-refractivity contribution in [3.8, 4) is 0 Å². The molecule has 5 atom stereocenters. The van der Waals surface area contributed by atoms with E-state index < -0.39 is 50.4 Å². The molecular formula is C39H64N5O6S+. The first kappa shape index (κ1) is 42.3. The predicted molar refractivity (Wildman–Crippen MR) is 202 cm³/mol. The van der Waals surface area contributed by atoms with E-state index in [-0.39, 0.29) is 53.8 Å². The van der Waals surface area contributed by atoms with Crippen LogP contribution in [0, 0.1) is 23.7 Å². The zero-order valence-corrected chi connectivity index (χ0v) is 32.6. The second kappa shape index (κ2) is 19.1. The number of sulfone groups is 1. The Bertz CT molecular complexity index is 1470. The maximum Gasteiger partial charge on any atom is 0.270 e. The molecule has 1 heterocycles. The normalized spacial score (nSPS) is 20.7. The highest BCUT2D eigenvalue weighted by atomic mass is 32.2. The number of primary amides is 1. The third-order valence-electron chi connectivity index (χ3n) is 10.5. The minimum atomic E-state index is -3.71. The summed E-state index contributed by atoms with van der Waals surface area (Å²) in [7, 11) is -3.71. The van der Waals surface area contributed by atoms with Crippen molar-refractivity contribution < 1.29 is 32.5 Å². The number of benzene rings is 1. The smallest absolute Gasteiger partial charge is 0.270 e. The Morgan fingerprint density at radius 3 is 2.31 bits per heavy atom. The molecule has 1 saturated carbocycles. The first-order valence-electron chi connectivity index (χ1n) is 19.0. The molecular weight excluding hydrogens is 667 g/mol. The van der Waals surface area contributed by atoms with Crippen molar-refractivity contribution in [1.82, 2.24) is 10.7 Å². The average molecular weight is 731 g/mol. The number of hydrogen-bond donors (Lipinski definition) is 4. The monoisotopic (exact) mass is 730 g/mol. The van der Waals surface area contributed by atoms with Gasteiger partial charge in [-0.25, -0.2) is 13.4 Å². The lowest BCUT2D eigenvalue weighted by Crippen LogP contribution is -2.66. The van der Waals surface area contributed by atoms with E-state index in [2.05, 4.69) is 22.7 Å². The number of nitrogens with two attached hydrogens (primary N) is 1. The van der Waals surface area contributed by atoms with E-state index in [0.29, 0.717) is 18.7 Å². The van der Waals surface area contributed by atoms with E-state index in [1.807, 2.05) is 44.2 Å². The van der Waals surface area contributed by atoms with E-state index in [9.17, 15) is 27.9 Å². The topological polar surface area (TPSA) is 168 Å². The molecule has 3 amide bonds. The number of allylic oxidation sites excluding steroid dienone is 1. The molecule has 0 radical (unpaired) electrons.